The van der Waals surface area contributed by atoms with Crippen LogP contribution in [-0.2, 0) is 13.6 Å². The van der Waals surface area contributed by atoms with E-state index in [1.807, 2.05) is 17.8 Å². The third kappa shape index (κ3) is 3.11. The first-order valence-corrected chi connectivity index (χ1v) is 8.40. The Labute approximate surface area is 145 Å². The molecule has 0 aliphatic carbocycles. The van der Waals surface area contributed by atoms with Crippen molar-refractivity contribution in [2.45, 2.75) is 25.3 Å². The summed E-state index contributed by atoms with van der Waals surface area (Å²) >= 11 is 0. The zero-order valence-electron chi connectivity index (χ0n) is 14.1. The number of hydrogen-bond acceptors (Lipinski definition) is 5. The Hall–Kier alpha value is -2.77. The number of halogens is 1. The average Bonchev–Trinajstić information content (AvgIpc) is 3.27. The molecule has 130 valence electrons. The van der Waals surface area contributed by atoms with Crippen molar-refractivity contribution in [2.75, 3.05) is 18.0 Å². The Morgan fingerprint density at radius 1 is 1.24 bits per heavy atom. The molecule has 1 aliphatic heterocycles. The fourth-order valence-corrected chi connectivity index (χ4v) is 3.44. The van der Waals surface area contributed by atoms with E-state index in [1.54, 1.807) is 24.8 Å². The summed E-state index contributed by atoms with van der Waals surface area (Å²) in [5.74, 6) is 1.80. The van der Waals surface area contributed by atoms with Crippen LogP contribution in [0.3, 0.4) is 0 Å². The van der Waals surface area contributed by atoms with Gasteiger partial charge in [-0.15, -0.1) is 10.2 Å². The van der Waals surface area contributed by atoms with Crippen molar-refractivity contribution in [1.29, 1.82) is 0 Å². The molecule has 0 N–H and O–H groups in total. The predicted octanol–water partition coefficient (Wildman–Crippen LogP) is 1.98. The van der Waals surface area contributed by atoms with Gasteiger partial charge in [0.2, 0.25) is 0 Å². The normalized spacial score (nSPS) is 17.8. The molecule has 1 atom stereocenters. The monoisotopic (exact) mass is 341 g/mol. The van der Waals surface area contributed by atoms with Crippen LogP contribution in [0, 0.1) is 5.82 Å². The quantitative estimate of drug-likeness (QED) is 0.726. The number of rotatable bonds is 4. The zero-order valence-corrected chi connectivity index (χ0v) is 14.1. The van der Waals surface area contributed by atoms with E-state index in [2.05, 4.69) is 29.6 Å². The highest BCUT2D eigenvalue weighted by Crippen LogP contribution is 2.30. The van der Waals surface area contributed by atoms with Crippen LogP contribution >= 0.6 is 0 Å². The minimum atomic E-state index is -0.276. The first kappa shape index (κ1) is 15.7. The summed E-state index contributed by atoms with van der Waals surface area (Å²) in [7, 11) is 1.99. The second-order valence-electron chi connectivity index (χ2n) is 6.38. The number of anilines is 1. The molecule has 3 aromatic heterocycles. The van der Waals surface area contributed by atoms with E-state index in [0.717, 1.165) is 37.6 Å². The number of imidazole rings is 1. The number of piperidine rings is 1. The molecule has 1 saturated heterocycles. The van der Waals surface area contributed by atoms with Gasteiger partial charge < -0.3 is 14.0 Å². The molecule has 7 nitrogen and oxygen atoms in total. The van der Waals surface area contributed by atoms with Gasteiger partial charge in [0.1, 0.15) is 5.82 Å². The first-order chi connectivity index (χ1) is 12.2. The van der Waals surface area contributed by atoms with Crippen LogP contribution in [-0.4, -0.2) is 42.4 Å². The second-order valence-corrected chi connectivity index (χ2v) is 6.38. The molecule has 1 fully saturated rings. The molecule has 0 saturated carbocycles. The summed E-state index contributed by atoms with van der Waals surface area (Å²) in [6, 6.07) is 1.73. The van der Waals surface area contributed by atoms with E-state index >= 15 is 0 Å². The van der Waals surface area contributed by atoms with E-state index in [0.29, 0.717) is 12.2 Å². The lowest BCUT2D eigenvalue weighted by molar-refractivity contribution is 0.472. The lowest BCUT2D eigenvalue weighted by Crippen LogP contribution is -2.36. The largest absolute Gasteiger partial charge is 0.368 e. The molecule has 4 rings (SSSR count). The molecular formula is C17H20FN7. The van der Waals surface area contributed by atoms with Crippen molar-refractivity contribution in [3.63, 3.8) is 0 Å². The van der Waals surface area contributed by atoms with Crippen molar-refractivity contribution in [3.05, 3.63) is 54.6 Å². The molecule has 1 aliphatic rings. The van der Waals surface area contributed by atoms with Crippen LogP contribution in [0.1, 0.15) is 30.4 Å². The molecule has 8 heteroatoms. The smallest absolute Gasteiger partial charge is 0.164 e. The molecule has 0 radical (unpaired) electrons. The maximum atomic E-state index is 14.1. The Morgan fingerprint density at radius 2 is 2.16 bits per heavy atom. The standard InChI is InChI=1S/C17H20FN7/c1-23-16(11-24-8-6-20-12-24)21-22-17(23)13-3-2-7-25(10-13)15-4-5-19-9-14(15)18/h4-6,8-9,12-13H,2-3,7,10-11H2,1H3/t13-/m1/s1. The molecule has 0 unspecified atom stereocenters. The third-order valence-electron chi connectivity index (χ3n) is 4.76. The molecule has 0 aromatic carbocycles. The third-order valence-corrected chi connectivity index (χ3v) is 4.76. The Balaban J connectivity index is 1.54. The van der Waals surface area contributed by atoms with Crippen LogP contribution in [0.2, 0.25) is 0 Å². The number of aromatic nitrogens is 6. The molecule has 0 spiro atoms. The Bertz CT molecular complexity index is 843. The van der Waals surface area contributed by atoms with Gasteiger partial charge in [-0.05, 0) is 18.9 Å². The topological polar surface area (TPSA) is 64.7 Å². The lowest BCUT2D eigenvalue weighted by atomic mass is 9.96. The number of nitrogens with zero attached hydrogens (tertiary/aromatic N) is 7. The van der Waals surface area contributed by atoms with E-state index in [1.165, 1.54) is 6.20 Å². The lowest BCUT2D eigenvalue weighted by Gasteiger charge is -2.34. The van der Waals surface area contributed by atoms with Crippen LogP contribution < -0.4 is 4.90 Å². The van der Waals surface area contributed by atoms with Gasteiger partial charge in [0.15, 0.2) is 11.6 Å². The summed E-state index contributed by atoms with van der Waals surface area (Å²) < 4.78 is 18.1. The highest BCUT2D eigenvalue weighted by atomic mass is 19.1. The second kappa shape index (κ2) is 6.62. The Morgan fingerprint density at radius 3 is 2.96 bits per heavy atom. The summed E-state index contributed by atoms with van der Waals surface area (Å²) in [6.07, 6.45) is 10.3. The van der Waals surface area contributed by atoms with Crippen LogP contribution in [0.4, 0.5) is 10.1 Å². The molecule has 0 amide bonds. The molecule has 25 heavy (non-hydrogen) atoms. The van der Waals surface area contributed by atoms with Crippen molar-refractivity contribution >= 4 is 5.69 Å². The van der Waals surface area contributed by atoms with Crippen LogP contribution in [0.25, 0.3) is 0 Å². The van der Waals surface area contributed by atoms with Crippen LogP contribution in [0.5, 0.6) is 0 Å². The number of hydrogen-bond donors (Lipinski definition) is 0. The van der Waals surface area contributed by atoms with Gasteiger partial charge in [0, 0.05) is 44.6 Å². The predicted molar refractivity (Wildman–Crippen MR) is 90.7 cm³/mol. The van der Waals surface area contributed by atoms with E-state index in [-0.39, 0.29) is 11.7 Å². The molecule has 0 bridgehead atoms. The fraction of sp³-hybridized carbons (Fsp3) is 0.412. The van der Waals surface area contributed by atoms with Gasteiger partial charge in [0.25, 0.3) is 0 Å². The summed E-state index contributed by atoms with van der Waals surface area (Å²) in [4.78, 5) is 9.97. The van der Waals surface area contributed by atoms with Gasteiger partial charge in [-0.25, -0.2) is 9.37 Å². The maximum absolute atomic E-state index is 14.1. The van der Waals surface area contributed by atoms with Crippen molar-refractivity contribution in [1.82, 2.24) is 29.3 Å². The van der Waals surface area contributed by atoms with Crippen LogP contribution in [0.15, 0.2) is 37.2 Å². The zero-order chi connectivity index (χ0) is 17.2. The highest BCUT2D eigenvalue weighted by Gasteiger charge is 2.27. The van der Waals surface area contributed by atoms with E-state index in [4.69, 9.17) is 0 Å². The molecule has 4 heterocycles. The maximum Gasteiger partial charge on any atom is 0.164 e. The van der Waals surface area contributed by atoms with Gasteiger partial charge >= 0.3 is 0 Å². The van der Waals surface area contributed by atoms with Crippen molar-refractivity contribution in [3.8, 4) is 0 Å². The highest BCUT2D eigenvalue weighted by molar-refractivity contribution is 5.47. The SMILES string of the molecule is Cn1c(Cn2ccnc2)nnc1[C@@H]1CCCN(c2ccncc2F)C1. The fourth-order valence-electron chi connectivity index (χ4n) is 3.44. The average molecular weight is 341 g/mol. The van der Waals surface area contributed by atoms with Gasteiger partial charge in [0.05, 0.1) is 24.8 Å². The first-order valence-electron chi connectivity index (χ1n) is 8.40. The van der Waals surface area contributed by atoms with Crippen molar-refractivity contribution in [2.24, 2.45) is 7.05 Å². The molecule has 3 aromatic rings. The van der Waals surface area contributed by atoms with Gasteiger partial charge in [-0.3, -0.25) is 4.98 Å². The minimum absolute atomic E-state index is 0.232. The summed E-state index contributed by atoms with van der Waals surface area (Å²) in [5, 5.41) is 8.76. The van der Waals surface area contributed by atoms with Crippen molar-refractivity contribution < 1.29 is 4.39 Å². The minimum Gasteiger partial charge on any atom is -0.368 e. The number of pyridine rings is 1. The summed E-state index contributed by atoms with van der Waals surface area (Å²) in [5.41, 5.74) is 0.612. The van der Waals surface area contributed by atoms with Gasteiger partial charge in [-0.1, -0.05) is 0 Å². The molecular weight excluding hydrogens is 321 g/mol. The summed E-state index contributed by atoms with van der Waals surface area (Å²) in [6.45, 7) is 2.22. The van der Waals surface area contributed by atoms with E-state index in [9.17, 15) is 4.39 Å². The van der Waals surface area contributed by atoms with Gasteiger partial charge in [-0.2, -0.15) is 0 Å². The Kier molecular flexibility index (Phi) is 4.17. The van der Waals surface area contributed by atoms with E-state index < -0.39 is 0 Å².